The predicted molar refractivity (Wildman–Crippen MR) is 99.7 cm³/mol. The molecule has 0 aromatic heterocycles. The Balaban J connectivity index is 1.55. The average molecular weight is 389 g/mol. The molecule has 2 aromatic rings. The number of rotatable bonds is 5. The van der Waals surface area contributed by atoms with Gasteiger partial charge in [-0.05, 0) is 32.0 Å². The third-order valence-electron chi connectivity index (χ3n) is 3.96. The summed E-state index contributed by atoms with van der Waals surface area (Å²) >= 11 is 0. The Hall–Kier alpha value is -2.56. The Kier molecular flexibility index (Phi) is 5.40. The molecule has 0 saturated carbocycles. The molecule has 0 bridgehead atoms. The Morgan fingerprint density at radius 3 is 2.74 bits per heavy atom. The molecule has 0 saturated heterocycles. The van der Waals surface area contributed by atoms with E-state index in [1.807, 2.05) is 32.0 Å². The van der Waals surface area contributed by atoms with Crippen LogP contribution in [0.4, 0.5) is 4.39 Å². The zero-order valence-corrected chi connectivity index (χ0v) is 15.9. The van der Waals surface area contributed by atoms with E-state index in [9.17, 15) is 12.8 Å². The van der Waals surface area contributed by atoms with Gasteiger partial charge in [-0.1, -0.05) is 36.1 Å². The minimum Gasteiger partial charge on any atom is -0.483 e. The zero-order valence-electron chi connectivity index (χ0n) is 15.1. The summed E-state index contributed by atoms with van der Waals surface area (Å²) in [6.45, 7) is 3.97. The molecule has 142 valence electrons. The molecule has 0 spiro atoms. The Morgan fingerprint density at radius 1 is 1.19 bits per heavy atom. The van der Waals surface area contributed by atoms with Crippen LogP contribution in [-0.4, -0.2) is 27.2 Å². The Labute approximate surface area is 158 Å². The summed E-state index contributed by atoms with van der Waals surface area (Å²) in [4.78, 5) is -0.400. The van der Waals surface area contributed by atoms with Crippen molar-refractivity contribution in [1.29, 1.82) is 0 Å². The van der Waals surface area contributed by atoms with Crippen molar-refractivity contribution in [1.82, 2.24) is 4.72 Å². The van der Waals surface area contributed by atoms with E-state index in [1.54, 1.807) is 0 Å². The summed E-state index contributed by atoms with van der Waals surface area (Å²) in [5.74, 6) is 5.93. The maximum absolute atomic E-state index is 13.6. The molecular formula is C20H20FNO4S. The first-order chi connectivity index (χ1) is 12.8. The molecule has 1 heterocycles. The maximum Gasteiger partial charge on any atom is 0.244 e. The SMILES string of the molecule is CC1(C)Cc2cccc(OCC#CCNS(=O)(=O)c3ccccc3F)c2O1. The van der Waals surface area contributed by atoms with E-state index in [0.717, 1.165) is 23.8 Å². The molecule has 27 heavy (non-hydrogen) atoms. The first kappa shape index (κ1) is 19.2. The minimum atomic E-state index is -3.94. The number of nitrogens with one attached hydrogen (secondary N) is 1. The third kappa shape index (κ3) is 4.59. The van der Waals surface area contributed by atoms with Gasteiger partial charge >= 0.3 is 0 Å². The van der Waals surface area contributed by atoms with Crippen LogP contribution < -0.4 is 14.2 Å². The molecule has 1 aliphatic rings. The van der Waals surface area contributed by atoms with Crippen molar-refractivity contribution in [2.24, 2.45) is 0 Å². The van der Waals surface area contributed by atoms with Gasteiger partial charge < -0.3 is 9.47 Å². The van der Waals surface area contributed by atoms with Crippen molar-refractivity contribution in [2.75, 3.05) is 13.2 Å². The topological polar surface area (TPSA) is 64.6 Å². The van der Waals surface area contributed by atoms with Crippen molar-refractivity contribution in [3.05, 3.63) is 53.8 Å². The van der Waals surface area contributed by atoms with Crippen LogP contribution >= 0.6 is 0 Å². The second kappa shape index (κ2) is 7.59. The van der Waals surface area contributed by atoms with Crippen molar-refractivity contribution in [2.45, 2.75) is 30.8 Å². The molecule has 1 aliphatic heterocycles. The highest BCUT2D eigenvalue weighted by Crippen LogP contribution is 2.41. The van der Waals surface area contributed by atoms with Crippen LogP contribution in [0.5, 0.6) is 11.5 Å². The second-order valence-corrected chi connectivity index (χ2v) is 8.42. The van der Waals surface area contributed by atoms with Crippen LogP contribution in [0.2, 0.25) is 0 Å². The maximum atomic E-state index is 13.6. The van der Waals surface area contributed by atoms with Crippen molar-refractivity contribution < 1.29 is 22.3 Å². The fourth-order valence-electron chi connectivity index (χ4n) is 2.80. The van der Waals surface area contributed by atoms with Gasteiger partial charge in [0.15, 0.2) is 11.5 Å². The Bertz CT molecular complexity index is 1010. The van der Waals surface area contributed by atoms with E-state index in [-0.39, 0.29) is 18.8 Å². The molecule has 7 heteroatoms. The van der Waals surface area contributed by atoms with Crippen LogP contribution in [0.15, 0.2) is 47.4 Å². The van der Waals surface area contributed by atoms with Gasteiger partial charge in [0.1, 0.15) is 22.9 Å². The molecule has 0 unspecified atom stereocenters. The van der Waals surface area contributed by atoms with Gasteiger partial charge in [-0.15, -0.1) is 0 Å². The molecule has 0 radical (unpaired) electrons. The number of para-hydroxylation sites is 1. The van der Waals surface area contributed by atoms with E-state index in [0.29, 0.717) is 5.75 Å². The first-order valence-electron chi connectivity index (χ1n) is 8.42. The second-order valence-electron chi connectivity index (χ2n) is 6.68. The molecular weight excluding hydrogens is 369 g/mol. The molecule has 3 rings (SSSR count). The highest BCUT2D eigenvalue weighted by atomic mass is 32.2. The van der Waals surface area contributed by atoms with Gasteiger partial charge in [0.05, 0.1) is 6.54 Å². The van der Waals surface area contributed by atoms with Crippen LogP contribution in [0.1, 0.15) is 19.4 Å². The van der Waals surface area contributed by atoms with Crippen LogP contribution in [-0.2, 0) is 16.4 Å². The number of fused-ring (bicyclic) bond motifs is 1. The summed E-state index contributed by atoms with van der Waals surface area (Å²) in [6, 6.07) is 10.9. The van der Waals surface area contributed by atoms with E-state index < -0.39 is 20.7 Å². The van der Waals surface area contributed by atoms with Crippen molar-refractivity contribution in [3.63, 3.8) is 0 Å². The molecule has 5 nitrogen and oxygen atoms in total. The summed E-state index contributed by atoms with van der Waals surface area (Å²) in [6.07, 6.45) is 0.809. The normalized spacial score (nSPS) is 14.6. The summed E-state index contributed by atoms with van der Waals surface area (Å²) in [7, 11) is -3.94. The number of halogens is 1. The predicted octanol–water partition coefficient (Wildman–Crippen LogP) is 2.90. The van der Waals surface area contributed by atoms with Gasteiger partial charge in [0, 0.05) is 12.0 Å². The molecule has 2 aromatic carbocycles. The lowest BCUT2D eigenvalue weighted by atomic mass is 10.0. The average Bonchev–Trinajstić information content (AvgIpc) is 2.92. The molecule has 1 N–H and O–H groups in total. The smallest absolute Gasteiger partial charge is 0.244 e. The standard InChI is InChI=1S/C20H20FNO4S/c1-20(2)14-15-8-7-10-17(19(15)26-20)25-13-6-5-12-22-27(23,24)18-11-4-3-9-16(18)21/h3-4,7-11,22H,12-14H2,1-2H3. The number of hydrogen-bond acceptors (Lipinski definition) is 4. The summed E-state index contributed by atoms with van der Waals surface area (Å²) < 4.78 is 51.4. The van der Waals surface area contributed by atoms with Gasteiger partial charge in [-0.25, -0.2) is 12.8 Å². The molecule has 0 atom stereocenters. The van der Waals surface area contributed by atoms with E-state index in [4.69, 9.17) is 9.47 Å². The van der Waals surface area contributed by atoms with E-state index >= 15 is 0 Å². The quantitative estimate of drug-likeness (QED) is 0.799. The van der Waals surface area contributed by atoms with Gasteiger partial charge in [0.25, 0.3) is 0 Å². The molecule has 0 fully saturated rings. The third-order valence-corrected chi connectivity index (χ3v) is 5.39. The lowest BCUT2D eigenvalue weighted by molar-refractivity contribution is 0.133. The molecule has 0 aliphatic carbocycles. The first-order valence-corrected chi connectivity index (χ1v) is 9.90. The number of ether oxygens (including phenoxy) is 2. The number of benzene rings is 2. The van der Waals surface area contributed by atoms with Crippen LogP contribution in [0.3, 0.4) is 0 Å². The van der Waals surface area contributed by atoms with Crippen molar-refractivity contribution in [3.8, 4) is 23.3 Å². The van der Waals surface area contributed by atoms with Gasteiger partial charge in [0.2, 0.25) is 10.0 Å². The van der Waals surface area contributed by atoms with Crippen molar-refractivity contribution >= 4 is 10.0 Å². The summed E-state index contributed by atoms with van der Waals surface area (Å²) in [5.41, 5.74) is 0.821. The monoisotopic (exact) mass is 389 g/mol. The Morgan fingerprint density at radius 2 is 1.96 bits per heavy atom. The lowest BCUT2D eigenvalue weighted by Gasteiger charge is -2.17. The van der Waals surface area contributed by atoms with Gasteiger partial charge in [-0.2, -0.15) is 4.72 Å². The lowest BCUT2D eigenvalue weighted by Crippen LogP contribution is -2.25. The highest BCUT2D eigenvalue weighted by Gasteiger charge is 2.32. The van der Waals surface area contributed by atoms with Crippen LogP contribution in [0.25, 0.3) is 0 Å². The number of sulfonamides is 1. The fraction of sp³-hybridized carbons (Fsp3) is 0.300. The highest BCUT2D eigenvalue weighted by molar-refractivity contribution is 7.89. The number of hydrogen-bond donors (Lipinski definition) is 1. The largest absolute Gasteiger partial charge is 0.483 e. The van der Waals surface area contributed by atoms with E-state index in [2.05, 4.69) is 16.6 Å². The minimum absolute atomic E-state index is 0.0850. The van der Waals surface area contributed by atoms with Crippen LogP contribution in [0, 0.1) is 17.7 Å². The fourth-order valence-corrected chi connectivity index (χ4v) is 3.80. The van der Waals surface area contributed by atoms with E-state index in [1.165, 1.54) is 18.2 Å². The summed E-state index contributed by atoms with van der Waals surface area (Å²) in [5, 5.41) is 0. The zero-order chi connectivity index (χ0) is 19.5. The molecule has 0 amide bonds. The van der Waals surface area contributed by atoms with Gasteiger partial charge in [-0.3, -0.25) is 0 Å².